The lowest BCUT2D eigenvalue weighted by atomic mass is 10.1. The predicted octanol–water partition coefficient (Wildman–Crippen LogP) is 5.66. The topological polar surface area (TPSA) is 123 Å². The second kappa shape index (κ2) is 9.41. The molecule has 32 heavy (non-hydrogen) atoms. The van der Waals surface area contributed by atoms with Gasteiger partial charge in [0.1, 0.15) is 10.7 Å². The Kier molecular flexibility index (Phi) is 6.24. The third-order valence-electron chi connectivity index (χ3n) is 4.17. The van der Waals surface area contributed by atoms with Crippen molar-refractivity contribution in [1.29, 1.82) is 0 Å². The summed E-state index contributed by atoms with van der Waals surface area (Å²) < 4.78 is 5.14. The second-order valence-corrected chi connectivity index (χ2v) is 7.79. The molecule has 0 aliphatic heterocycles. The minimum atomic E-state index is -0.474. The van der Waals surface area contributed by atoms with Gasteiger partial charge in [0.25, 0.3) is 11.6 Å². The standard InChI is InChI=1S/C21H14ClN5O4S/c22-15-8-6-14(7-9-15)18-20(25-19(28)17-5-2-10-31-17)32-21(24-18)26-23-12-13-3-1-4-16(11-13)27(29)30/h1-12H,(H,24,26)(H,25,28)/b23-12-. The number of hydrazone groups is 1. The summed E-state index contributed by atoms with van der Waals surface area (Å²) in [5.74, 6) is -0.251. The molecule has 0 saturated heterocycles. The highest BCUT2D eigenvalue weighted by Crippen LogP contribution is 2.36. The average Bonchev–Trinajstić information content (AvgIpc) is 3.45. The van der Waals surface area contributed by atoms with Gasteiger partial charge in [0.2, 0.25) is 5.13 Å². The quantitative estimate of drug-likeness (QED) is 0.205. The number of non-ortho nitro benzene ring substituents is 1. The van der Waals surface area contributed by atoms with Gasteiger partial charge in [-0.2, -0.15) is 5.10 Å². The molecule has 11 heteroatoms. The van der Waals surface area contributed by atoms with Gasteiger partial charge in [-0.3, -0.25) is 20.3 Å². The minimum absolute atomic E-state index is 0.0313. The molecule has 160 valence electrons. The molecular formula is C21H14ClN5O4S. The van der Waals surface area contributed by atoms with Crippen LogP contribution in [0.15, 0.2) is 76.4 Å². The first-order valence-corrected chi connectivity index (χ1v) is 10.3. The van der Waals surface area contributed by atoms with Crippen LogP contribution in [-0.2, 0) is 0 Å². The molecule has 0 saturated carbocycles. The summed E-state index contributed by atoms with van der Waals surface area (Å²) in [6.07, 6.45) is 2.86. The van der Waals surface area contributed by atoms with Crippen LogP contribution in [0.2, 0.25) is 5.02 Å². The van der Waals surface area contributed by atoms with Crippen molar-refractivity contribution < 1.29 is 14.1 Å². The van der Waals surface area contributed by atoms with E-state index in [1.54, 1.807) is 48.5 Å². The smallest absolute Gasteiger partial charge is 0.292 e. The molecule has 4 rings (SSSR count). The molecule has 2 aromatic heterocycles. The molecule has 4 aromatic rings. The third kappa shape index (κ3) is 4.99. The first kappa shape index (κ1) is 21.2. The van der Waals surface area contributed by atoms with Crippen molar-refractivity contribution in [2.24, 2.45) is 5.10 Å². The Bertz CT molecular complexity index is 1290. The normalized spacial score (nSPS) is 10.9. The van der Waals surface area contributed by atoms with E-state index in [0.29, 0.717) is 26.4 Å². The molecular weight excluding hydrogens is 454 g/mol. The van der Waals surface area contributed by atoms with Gasteiger partial charge >= 0.3 is 0 Å². The number of nitrogens with zero attached hydrogens (tertiary/aromatic N) is 3. The van der Waals surface area contributed by atoms with Crippen LogP contribution >= 0.6 is 22.9 Å². The Morgan fingerprint density at radius 2 is 2.00 bits per heavy atom. The number of hydrogen-bond acceptors (Lipinski definition) is 8. The molecule has 2 heterocycles. The average molecular weight is 468 g/mol. The van der Waals surface area contributed by atoms with E-state index in [2.05, 4.69) is 20.8 Å². The molecule has 2 N–H and O–H groups in total. The number of aromatic nitrogens is 1. The predicted molar refractivity (Wildman–Crippen MR) is 124 cm³/mol. The molecule has 2 aromatic carbocycles. The van der Waals surface area contributed by atoms with Crippen LogP contribution in [0.4, 0.5) is 15.8 Å². The number of rotatable bonds is 7. The van der Waals surface area contributed by atoms with Crippen LogP contribution in [-0.4, -0.2) is 22.0 Å². The fourth-order valence-electron chi connectivity index (χ4n) is 2.71. The summed E-state index contributed by atoms with van der Waals surface area (Å²) >= 11 is 7.16. The Labute approximate surface area is 190 Å². The number of thiazole rings is 1. The van der Waals surface area contributed by atoms with E-state index in [-0.39, 0.29) is 11.4 Å². The second-order valence-electron chi connectivity index (χ2n) is 6.36. The van der Waals surface area contributed by atoms with Crippen LogP contribution < -0.4 is 10.7 Å². The summed E-state index contributed by atoms with van der Waals surface area (Å²) in [4.78, 5) is 27.4. The van der Waals surface area contributed by atoms with Gasteiger partial charge in [0.15, 0.2) is 5.76 Å². The van der Waals surface area contributed by atoms with Crippen molar-refractivity contribution in [3.8, 4) is 11.3 Å². The van der Waals surface area contributed by atoms with Crippen LogP contribution in [0.1, 0.15) is 16.1 Å². The summed E-state index contributed by atoms with van der Waals surface area (Å²) in [6, 6.07) is 16.3. The number of carbonyl (C=O) groups excluding carboxylic acids is 1. The number of nitro benzene ring substituents is 1. The minimum Gasteiger partial charge on any atom is -0.459 e. The molecule has 0 spiro atoms. The number of amides is 1. The van der Waals surface area contributed by atoms with E-state index in [1.807, 2.05) is 0 Å². The molecule has 0 aliphatic rings. The number of nitro groups is 1. The van der Waals surface area contributed by atoms with Crippen molar-refractivity contribution in [2.75, 3.05) is 10.7 Å². The lowest BCUT2D eigenvalue weighted by Gasteiger charge is -2.03. The van der Waals surface area contributed by atoms with Crippen LogP contribution in [0.3, 0.4) is 0 Å². The maximum atomic E-state index is 12.5. The van der Waals surface area contributed by atoms with E-state index in [9.17, 15) is 14.9 Å². The van der Waals surface area contributed by atoms with Gasteiger partial charge in [0, 0.05) is 28.3 Å². The highest BCUT2D eigenvalue weighted by molar-refractivity contribution is 7.20. The number of halogens is 1. The number of furan rings is 1. The Hall–Kier alpha value is -4.02. The lowest BCUT2D eigenvalue weighted by Crippen LogP contribution is -2.10. The van der Waals surface area contributed by atoms with Crippen molar-refractivity contribution in [3.05, 3.63) is 93.4 Å². The molecule has 1 amide bonds. The molecule has 0 aliphatic carbocycles. The molecule has 0 unspecified atom stereocenters. The van der Waals surface area contributed by atoms with Crippen molar-refractivity contribution in [2.45, 2.75) is 0 Å². The van der Waals surface area contributed by atoms with Gasteiger partial charge in [-0.15, -0.1) is 0 Å². The first-order valence-electron chi connectivity index (χ1n) is 9.15. The van der Waals surface area contributed by atoms with Crippen molar-refractivity contribution in [3.63, 3.8) is 0 Å². The number of benzene rings is 2. The lowest BCUT2D eigenvalue weighted by molar-refractivity contribution is -0.384. The molecule has 0 bridgehead atoms. The molecule has 0 fully saturated rings. The van der Waals surface area contributed by atoms with Crippen LogP contribution in [0.25, 0.3) is 11.3 Å². The maximum Gasteiger partial charge on any atom is 0.292 e. The molecule has 9 nitrogen and oxygen atoms in total. The zero-order valence-electron chi connectivity index (χ0n) is 16.2. The highest BCUT2D eigenvalue weighted by Gasteiger charge is 2.18. The summed E-state index contributed by atoms with van der Waals surface area (Å²) in [5, 5.41) is 19.3. The fraction of sp³-hybridized carbons (Fsp3) is 0. The fourth-order valence-corrected chi connectivity index (χ4v) is 3.67. The van der Waals surface area contributed by atoms with E-state index < -0.39 is 10.8 Å². The molecule has 0 radical (unpaired) electrons. The van der Waals surface area contributed by atoms with Gasteiger partial charge in [0.05, 0.1) is 17.4 Å². The van der Waals surface area contributed by atoms with Gasteiger partial charge in [-0.25, -0.2) is 4.98 Å². The zero-order valence-corrected chi connectivity index (χ0v) is 17.8. The highest BCUT2D eigenvalue weighted by atomic mass is 35.5. The molecule has 0 atom stereocenters. The van der Waals surface area contributed by atoms with Crippen LogP contribution in [0, 0.1) is 10.1 Å². The summed E-state index contributed by atoms with van der Waals surface area (Å²) in [6.45, 7) is 0. The Morgan fingerprint density at radius 1 is 1.19 bits per heavy atom. The zero-order chi connectivity index (χ0) is 22.5. The first-order chi connectivity index (χ1) is 15.5. The Balaban J connectivity index is 1.58. The van der Waals surface area contributed by atoms with Crippen molar-refractivity contribution in [1.82, 2.24) is 4.98 Å². The number of carbonyl (C=O) groups is 1. The maximum absolute atomic E-state index is 12.5. The third-order valence-corrected chi connectivity index (χ3v) is 5.30. The van der Waals surface area contributed by atoms with E-state index >= 15 is 0 Å². The van der Waals surface area contributed by atoms with Crippen molar-refractivity contribution >= 4 is 50.9 Å². The Morgan fingerprint density at radius 3 is 2.72 bits per heavy atom. The SMILES string of the molecule is O=C(Nc1sc(N/N=C\c2cccc([N+](=O)[O-])c2)nc1-c1ccc(Cl)cc1)c1ccco1. The van der Waals surface area contributed by atoms with E-state index in [4.69, 9.17) is 16.0 Å². The van der Waals surface area contributed by atoms with Gasteiger partial charge in [-0.05, 0) is 24.3 Å². The van der Waals surface area contributed by atoms with E-state index in [0.717, 1.165) is 5.56 Å². The summed E-state index contributed by atoms with van der Waals surface area (Å²) in [5.41, 5.74) is 4.59. The van der Waals surface area contributed by atoms with Gasteiger partial charge in [-0.1, -0.05) is 47.2 Å². The van der Waals surface area contributed by atoms with Gasteiger partial charge < -0.3 is 9.73 Å². The summed E-state index contributed by atoms with van der Waals surface area (Å²) in [7, 11) is 0. The number of nitrogens with one attached hydrogen (secondary N) is 2. The number of anilines is 2. The van der Waals surface area contributed by atoms with Crippen LogP contribution in [0.5, 0.6) is 0 Å². The number of hydrogen-bond donors (Lipinski definition) is 2. The van der Waals surface area contributed by atoms with E-state index in [1.165, 1.54) is 35.9 Å². The monoisotopic (exact) mass is 467 g/mol. The largest absolute Gasteiger partial charge is 0.459 e.